The van der Waals surface area contributed by atoms with Gasteiger partial charge in [0.15, 0.2) is 4.34 Å². The summed E-state index contributed by atoms with van der Waals surface area (Å²) < 4.78 is 42.4. The van der Waals surface area contributed by atoms with E-state index in [1.54, 1.807) is 22.9 Å². The Morgan fingerprint density at radius 2 is 1.62 bits per heavy atom. The Hall–Kier alpha value is -3.95. The third-order valence-electron chi connectivity index (χ3n) is 5.26. The molecule has 0 spiro atoms. The van der Waals surface area contributed by atoms with Gasteiger partial charge in [0.1, 0.15) is 0 Å². The Morgan fingerprint density at radius 1 is 0.900 bits per heavy atom. The van der Waals surface area contributed by atoms with Gasteiger partial charge in [-0.1, -0.05) is 53.9 Å². The van der Waals surface area contributed by atoms with Crippen molar-refractivity contribution in [3.63, 3.8) is 0 Å². The first-order chi connectivity index (χ1) is 19.3. The van der Waals surface area contributed by atoms with Crippen molar-refractivity contribution in [2.75, 3.05) is 22.1 Å². The van der Waals surface area contributed by atoms with Gasteiger partial charge in [-0.2, -0.15) is 17.9 Å². The Morgan fingerprint density at radius 3 is 2.42 bits per heavy atom. The molecule has 0 aliphatic rings. The average molecular weight is 602 g/mol. The van der Waals surface area contributed by atoms with Crippen LogP contribution in [0.3, 0.4) is 0 Å². The van der Waals surface area contributed by atoms with Crippen LogP contribution in [0.1, 0.15) is 5.56 Å². The van der Waals surface area contributed by atoms with E-state index in [9.17, 15) is 22.8 Å². The monoisotopic (exact) mass is 601 g/mol. The van der Waals surface area contributed by atoms with Crippen LogP contribution in [0.2, 0.25) is 0 Å². The number of thioether (sulfide) groups is 2. The van der Waals surface area contributed by atoms with E-state index in [-0.39, 0.29) is 23.1 Å². The molecule has 0 unspecified atom stereocenters. The number of hydrogen-bond donors (Lipinski definition) is 2. The van der Waals surface area contributed by atoms with E-state index in [0.717, 1.165) is 28.2 Å². The fraction of sp³-hybridized carbons (Fsp3) is 0.120. The van der Waals surface area contributed by atoms with Crippen LogP contribution in [0.5, 0.6) is 0 Å². The molecule has 2 aromatic heterocycles. The van der Waals surface area contributed by atoms with Gasteiger partial charge < -0.3 is 10.6 Å². The van der Waals surface area contributed by atoms with Crippen LogP contribution >= 0.6 is 34.9 Å². The number of rotatable bonds is 9. The maximum absolute atomic E-state index is 13.2. The number of carbonyl (C=O) groups is 2. The summed E-state index contributed by atoms with van der Waals surface area (Å²) in [6.45, 7) is 0. The van der Waals surface area contributed by atoms with E-state index >= 15 is 0 Å². The van der Waals surface area contributed by atoms with Gasteiger partial charge in [0.25, 0.3) is 0 Å². The smallest absolute Gasteiger partial charge is 0.325 e. The maximum atomic E-state index is 13.2. The number of anilines is 2. The Kier molecular flexibility index (Phi) is 8.32. The number of fused-ring (bicyclic) bond motifs is 1. The second-order valence-corrected chi connectivity index (χ2v) is 11.3. The number of nitrogens with one attached hydrogen (secondary N) is 2. The van der Waals surface area contributed by atoms with Gasteiger partial charge in [-0.3, -0.25) is 9.59 Å². The number of aromatic nitrogens is 5. The first kappa shape index (κ1) is 27.6. The standard InChI is InChI=1S/C25H18F3N7O2S3/c26-25(27,28)17-8-4-5-9-18(17)30-22(37)14-39-24-31-19-11-10-15(12-20(19)40-24)29-21(36)13-38-23-32-33-34-35(23)16-6-2-1-3-7-16/h1-12H,13-14H2,(H,29,36)(H,30,37). The minimum Gasteiger partial charge on any atom is -0.325 e. The molecule has 5 rings (SSSR count). The van der Waals surface area contributed by atoms with Crippen LogP contribution in [0.25, 0.3) is 15.9 Å². The minimum absolute atomic E-state index is 0.0849. The minimum atomic E-state index is -4.57. The van der Waals surface area contributed by atoms with Crippen molar-refractivity contribution >= 4 is 68.3 Å². The highest BCUT2D eigenvalue weighted by molar-refractivity contribution is 8.01. The molecule has 0 saturated carbocycles. The van der Waals surface area contributed by atoms with Gasteiger partial charge in [0.2, 0.25) is 17.0 Å². The van der Waals surface area contributed by atoms with Gasteiger partial charge in [-0.15, -0.1) is 16.4 Å². The van der Waals surface area contributed by atoms with Crippen LogP contribution in [0.15, 0.2) is 82.3 Å². The van der Waals surface area contributed by atoms with Crippen molar-refractivity contribution in [1.82, 2.24) is 25.2 Å². The van der Waals surface area contributed by atoms with Gasteiger partial charge in [0, 0.05) is 5.69 Å². The fourth-order valence-corrected chi connectivity index (χ4v) is 6.12. The SMILES string of the molecule is O=C(CSc1nnnn1-c1ccccc1)Nc1ccc2nc(SCC(=O)Nc3ccccc3C(F)(F)F)sc2c1. The van der Waals surface area contributed by atoms with Gasteiger partial charge in [-0.25, -0.2) is 4.98 Å². The van der Waals surface area contributed by atoms with Gasteiger partial charge in [0.05, 0.1) is 38.7 Å². The number of alkyl halides is 3. The molecule has 0 atom stereocenters. The molecule has 0 aliphatic carbocycles. The second-order valence-electron chi connectivity index (χ2n) is 8.09. The van der Waals surface area contributed by atoms with Crippen LogP contribution < -0.4 is 10.6 Å². The molecule has 2 N–H and O–H groups in total. The van der Waals surface area contributed by atoms with E-state index in [1.165, 1.54) is 41.3 Å². The Labute approximate surface area is 237 Å². The van der Waals surface area contributed by atoms with E-state index in [4.69, 9.17) is 0 Å². The molecular formula is C25H18F3N7O2S3. The second kappa shape index (κ2) is 12.1. The summed E-state index contributed by atoms with van der Waals surface area (Å²) >= 11 is 3.62. The summed E-state index contributed by atoms with van der Waals surface area (Å²) in [5, 5.41) is 17.3. The number of thiazole rings is 1. The first-order valence-electron chi connectivity index (χ1n) is 11.5. The molecule has 0 fully saturated rings. The van der Waals surface area contributed by atoms with Crippen LogP contribution in [0.4, 0.5) is 24.5 Å². The van der Waals surface area contributed by atoms with Crippen LogP contribution in [-0.4, -0.2) is 48.5 Å². The lowest BCUT2D eigenvalue weighted by Gasteiger charge is -2.13. The number of tetrazole rings is 1. The first-order valence-corrected chi connectivity index (χ1v) is 14.3. The molecule has 40 heavy (non-hydrogen) atoms. The highest BCUT2D eigenvalue weighted by Crippen LogP contribution is 2.35. The Balaban J connectivity index is 1.16. The summed E-state index contributed by atoms with van der Waals surface area (Å²) in [6, 6.07) is 19.4. The topological polar surface area (TPSA) is 115 Å². The molecule has 2 amide bonds. The number of nitrogens with zero attached hydrogens (tertiary/aromatic N) is 5. The van der Waals surface area contributed by atoms with Crippen molar-refractivity contribution in [1.29, 1.82) is 0 Å². The number of benzene rings is 3. The van der Waals surface area contributed by atoms with Gasteiger partial charge >= 0.3 is 6.18 Å². The van der Waals surface area contributed by atoms with E-state index in [0.29, 0.717) is 20.7 Å². The predicted molar refractivity (Wildman–Crippen MR) is 149 cm³/mol. The molecule has 0 bridgehead atoms. The molecular weight excluding hydrogens is 584 g/mol. The molecule has 204 valence electrons. The number of carbonyl (C=O) groups excluding carboxylic acids is 2. The molecule has 9 nitrogen and oxygen atoms in total. The zero-order chi connectivity index (χ0) is 28.1. The summed E-state index contributed by atoms with van der Waals surface area (Å²) in [5.41, 5.74) is 0.826. The lowest BCUT2D eigenvalue weighted by Crippen LogP contribution is -2.18. The van der Waals surface area contributed by atoms with Crippen LogP contribution in [-0.2, 0) is 15.8 Å². The number of amides is 2. The quantitative estimate of drug-likeness (QED) is 0.205. The predicted octanol–water partition coefficient (Wildman–Crippen LogP) is 5.75. The summed E-state index contributed by atoms with van der Waals surface area (Å²) in [6.07, 6.45) is -4.57. The Bertz CT molecular complexity index is 1660. The zero-order valence-electron chi connectivity index (χ0n) is 20.3. The number of para-hydroxylation sites is 2. The molecule has 5 aromatic rings. The van der Waals surface area contributed by atoms with E-state index in [1.807, 2.05) is 30.3 Å². The maximum Gasteiger partial charge on any atom is 0.418 e. The molecule has 15 heteroatoms. The van der Waals surface area contributed by atoms with Crippen molar-refractivity contribution < 1.29 is 22.8 Å². The van der Waals surface area contributed by atoms with Crippen molar-refractivity contribution in [3.8, 4) is 5.69 Å². The lowest BCUT2D eigenvalue weighted by atomic mass is 10.1. The largest absolute Gasteiger partial charge is 0.418 e. The fourth-order valence-electron chi connectivity index (χ4n) is 3.52. The van der Waals surface area contributed by atoms with Crippen molar-refractivity contribution in [2.45, 2.75) is 15.7 Å². The summed E-state index contributed by atoms with van der Waals surface area (Å²) in [5.74, 6) is -0.858. The average Bonchev–Trinajstić information content (AvgIpc) is 3.57. The molecule has 0 saturated heterocycles. The van der Waals surface area contributed by atoms with Crippen molar-refractivity contribution in [3.05, 3.63) is 78.4 Å². The molecule has 2 heterocycles. The normalized spacial score (nSPS) is 11.5. The number of halogens is 3. The highest BCUT2D eigenvalue weighted by Gasteiger charge is 2.33. The third kappa shape index (κ3) is 6.78. The summed E-state index contributed by atoms with van der Waals surface area (Å²) in [7, 11) is 0. The number of hydrogen-bond acceptors (Lipinski definition) is 9. The third-order valence-corrected chi connectivity index (χ3v) is 8.34. The zero-order valence-corrected chi connectivity index (χ0v) is 22.7. The molecule has 3 aromatic carbocycles. The highest BCUT2D eigenvalue weighted by atomic mass is 32.2. The van der Waals surface area contributed by atoms with E-state index in [2.05, 4.69) is 31.1 Å². The lowest BCUT2D eigenvalue weighted by molar-refractivity contribution is -0.137. The molecule has 0 radical (unpaired) electrons. The molecule has 0 aliphatic heterocycles. The van der Waals surface area contributed by atoms with Crippen LogP contribution in [0, 0.1) is 0 Å². The van der Waals surface area contributed by atoms with E-state index < -0.39 is 17.6 Å². The van der Waals surface area contributed by atoms with Crippen molar-refractivity contribution in [2.24, 2.45) is 0 Å². The summed E-state index contributed by atoms with van der Waals surface area (Å²) in [4.78, 5) is 29.3. The van der Waals surface area contributed by atoms with Gasteiger partial charge in [-0.05, 0) is 52.9 Å².